The second-order valence-corrected chi connectivity index (χ2v) is 36.4. The van der Waals surface area contributed by atoms with E-state index >= 15 is 0 Å². The van der Waals surface area contributed by atoms with Crippen molar-refractivity contribution in [2.24, 2.45) is 0 Å². The van der Waals surface area contributed by atoms with Gasteiger partial charge in [-0.25, -0.2) is 0 Å². The molecule has 2 aromatic rings. The Morgan fingerprint density at radius 1 is 0.938 bits per heavy atom. The van der Waals surface area contributed by atoms with Crippen LogP contribution in [-0.2, 0) is 31.2 Å². The molecule has 0 amide bonds. The molecule has 0 heterocycles. The van der Waals surface area contributed by atoms with E-state index in [1.807, 2.05) is 0 Å². The topological polar surface area (TPSA) is 18.5 Å². The Hall–Kier alpha value is -0.423. The maximum atomic E-state index is 6.50. The normalized spacial score (nSPS) is 21.2. The predicted molar refractivity (Wildman–Crippen MR) is 144 cm³/mol. The van der Waals surface area contributed by atoms with Gasteiger partial charge in [0.25, 0.3) is 0 Å². The summed E-state index contributed by atoms with van der Waals surface area (Å²) in [5.74, 6) is 1.37. The Balaban J connectivity index is 0.00000181. The Kier molecular flexibility index (Phi) is 9.09. The average molecular weight is 586 g/mol. The van der Waals surface area contributed by atoms with Gasteiger partial charge in [-0.2, -0.15) is 0 Å². The number of benzene rings is 2. The third-order valence-corrected chi connectivity index (χ3v) is 18.1. The summed E-state index contributed by atoms with van der Waals surface area (Å²) >= 11 is -2.56. The summed E-state index contributed by atoms with van der Waals surface area (Å²) in [5, 5.41) is 0. The van der Waals surface area contributed by atoms with Crippen LogP contribution < -0.4 is 0 Å². The predicted octanol–water partition coefficient (Wildman–Crippen LogP) is 6.56. The zero-order valence-electron chi connectivity index (χ0n) is 19.7. The monoisotopic (exact) mass is 583 g/mol. The van der Waals surface area contributed by atoms with E-state index in [4.69, 9.17) is 9.16 Å². The van der Waals surface area contributed by atoms with Gasteiger partial charge >= 0.3 is 189 Å². The van der Waals surface area contributed by atoms with Gasteiger partial charge in [-0.3, -0.25) is 0 Å². The summed E-state index contributed by atoms with van der Waals surface area (Å²) in [6, 6.07) is 17.8. The van der Waals surface area contributed by atoms with Crippen molar-refractivity contribution in [3.63, 3.8) is 0 Å². The SMILES string of the molecule is C[Si](C)(C)OCCOC1=Cc2ccccc2C1[C]1([Zr]([CH3])([CH3])=[SiH2])C=Cc2ccccc21.Cl.Cl. The summed E-state index contributed by atoms with van der Waals surface area (Å²) in [5.41, 5.74) is 5.59. The molecule has 0 fully saturated rings. The minimum Gasteiger partial charge on any atom is -0.147 e. The van der Waals surface area contributed by atoms with Crippen molar-refractivity contribution in [1.29, 1.82) is 0 Å². The summed E-state index contributed by atoms with van der Waals surface area (Å²) in [7, 11) is -1.53. The van der Waals surface area contributed by atoms with Crippen LogP contribution in [0, 0.1) is 0 Å². The Morgan fingerprint density at radius 2 is 1.56 bits per heavy atom. The van der Waals surface area contributed by atoms with Crippen LogP contribution in [0.4, 0.5) is 0 Å². The largest absolute Gasteiger partial charge is 0.147 e. The molecule has 4 rings (SSSR count). The van der Waals surface area contributed by atoms with Crippen LogP contribution in [0.1, 0.15) is 28.2 Å². The maximum Gasteiger partial charge on any atom is -0.147 e. The van der Waals surface area contributed by atoms with Gasteiger partial charge in [0, 0.05) is 0 Å². The third-order valence-electron chi connectivity index (χ3n) is 6.28. The van der Waals surface area contributed by atoms with Gasteiger partial charge in [0.1, 0.15) is 0 Å². The zero-order chi connectivity index (χ0) is 21.6. The number of halogens is 2. The minimum atomic E-state index is -2.56. The second kappa shape index (κ2) is 10.5. The average Bonchev–Trinajstić information content (AvgIpc) is 3.23. The number of rotatable bonds is 7. The van der Waals surface area contributed by atoms with Gasteiger partial charge in [0.2, 0.25) is 0 Å². The summed E-state index contributed by atoms with van der Waals surface area (Å²) in [4.78, 5) is 0. The van der Waals surface area contributed by atoms with E-state index in [0.717, 1.165) is 5.76 Å². The van der Waals surface area contributed by atoms with Crippen LogP contribution in [0.5, 0.6) is 0 Å². The Morgan fingerprint density at radius 3 is 2.22 bits per heavy atom. The standard InChI is InChI=1S/C23H25O2Si.2CH3.2ClH.H2Si.Zr/c1-26(2,3)25-15-14-24-22-16-18-9-5-7-11-20(18)23(22)21-13-12-17-8-4-6-10-19(17)21;;;;;;/h4-13,16,23H,14-15H2,1-3H3;2*1H3;2*1H;1H2;. The second-order valence-electron chi connectivity index (χ2n) is 10.1. The Labute approximate surface area is 212 Å². The fraction of sp³-hybridized carbons (Fsp3) is 0.360. The van der Waals surface area contributed by atoms with Gasteiger partial charge < -0.3 is 0 Å². The van der Waals surface area contributed by atoms with Crippen LogP contribution in [0.2, 0.25) is 28.9 Å². The number of allylic oxidation sites excluding steroid dienone is 2. The van der Waals surface area contributed by atoms with Gasteiger partial charge in [-0.05, 0) is 0 Å². The van der Waals surface area contributed by atoms with E-state index < -0.39 is 27.2 Å². The van der Waals surface area contributed by atoms with E-state index in [2.05, 4.69) is 103 Å². The van der Waals surface area contributed by atoms with Crippen LogP contribution in [-0.4, -0.2) is 28.4 Å². The van der Waals surface area contributed by atoms with Crippen molar-refractivity contribution < 1.29 is 28.0 Å². The molecule has 7 heteroatoms. The maximum absolute atomic E-state index is 6.50. The van der Waals surface area contributed by atoms with Crippen LogP contribution in [0.3, 0.4) is 0 Å². The molecule has 2 unspecified atom stereocenters. The number of hydrogen-bond donors (Lipinski definition) is 0. The van der Waals surface area contributed by atoms with E-state index in [1.54, 1.807) is 0 Å². The molecule has 0 aromatic heterocycles. The first-order chi connectivity index (χ1) is 14.1. The van der Waals surface area contributed by atoms with Gasteiger partial charge in [-0.15, -0.1) is 24.8 Å². The molecule has 0 N–H and O–H groups in total. The number of ether oxygens (including phenoxy) is 1. The minimum absolute atomic E-state index is 0. The molecule has 2 aromatic carbocycles. The van der Waals surface area contributed by atoms with Crippen LogP contribution >= 0.6 is 24.8 Å². The molecule has 173 valence electrons. The number of fused-ring (bicyclic) bond motifs is 2. The zero-order valence-corrected chi connectivity index (χ0v) is 26.2. The summed E-state index contributed by atoms with van der Waals surface area (Å²) in [6.45, 7) is 10.3. The molecular formula is C25H35Cl2O2Si2Zr. The molecule has 0 saturated carbocycles. The molecule has 0 aliphatic heterocycles. The molecule has 0 spiro atoms. The van der Waals surface area contributed by atoms with Crippen molar-refractivity contribution in [3.05, 3.63) is 82.6 Å². The molecule has 0 bridgehead atoms. The van der Waals surface area contributed by atoms with E-state index in [9.17, 15) is 0 Å². The van der Waals surface area contributed by atoms with Crippen molar-refractivity contribution >= 4 is 52.2 Å². The first kappa shape index (κ1) is 27.8. The molecule has 32 heavy (non-hydrogen) atoms. The van der Waals surface area contributed by atoms with Crippen molar-refractivity contribution in [2.45, 2.75) is 37.9 Å². The van der Waals surface area contributed by atoms with E-state index in [1.165, 1.54) is 22.3 Å². The van der Waals surface area contributed by atoms with Crippen LogP contribution in [0.15, 0.2) is 60.4 Å². The van der Waals surface area contributed by atoms with E-state index in [0.29, 0.717) is 13.2 Å². The van der Waals surface area contributed by atoms with Gasteiger partial charge in [0.15, 0.2) is 0 Å². The molecular weight excluding hydrogens is 551 g/mol. The molecule has 2 aliphatic carbocycles. The Bertz CT molecular complexity index is 1070. The smallest absolute Gasteiger partial charge is 0.147 e. The molecule has 0 radical (unpaired) electrons. The van der Waals surface area contributed by atoms with Crippen molar-refractivity contribution in [2.75, 3.05) is 13.2 Å². The fourth-order valence-corrected chi connectivity index (χ4v) is 15.0. The van der Waals surface area contributed by atoms with Crippen molar-refractivity contribution in [3.8, 4) is 0 Å². The van der Waals surface area contributed by atoms with E-state index in [-0.39, 0.29) is 33.9 Å². The molecule has 2 aliphatic rings. The first-order valence-corrected chi connectivity index (χ1v) is 26.3. The fourth-order valence-electron chi connectivity index (χ4n) is 4.96. The quantitative estimate of drug-likeness (QED) is 0.271. The third kappa shape index (κ3) is 5.14. The first-order valence-electron chi connectivity index (χ1n) is 10.8. The number of hydrogen-bond acceptors (Lipinski definition) is 2. The van der Waals surface area contributed by atoms with Crippen LogP contribution in [0.25, 0.3) is 12.2 Å². The van der Waals surface area contributed by atoms with Crippen molar-refractivity contribution in [1.82, 2.24) is 0 Å². The summed E-state index contributed by atoms with van der Waals surface area (Å²) < 4.78 is 17.8. The molecule has 2 atom stereocenters. The summed E-state index contributed by atoms with van der Waals surface area (Å²) in [6.07, 6.45) is 7.17. The molecule has 0 saturated heterocycles. The van der Waals surface area contributed by atoms with Gasteiger partial charge in [0.05, 0.1) is 0 Å². The van der Waals surface area contributed by atoms with Gasteiger partial charge in [-0.1, -0.05) is 0 Å². The molecule has 2 nitrogen and oxygen atoms in total.